The summed E-state index contributed by atoms with van der Waals surface area (Å²) in [5, 5.41) is 12.8. The molecular weight excluding hydrogens is 190 g/mol. The van der Waals surface area contributed by atoms with Gasteiger partial charge in [0.1, 0.15) is 17.1 Å². The predicted octanol–water partition coefficient (Wildman–Crippen LogP) is 2.51. The van der Waals surface area contributed by atoms with Crippen molar-refractivity contribution in [1.29, 1.82) is 0 Å². The van der Waals surface area contributed by atoms with E-state index in [-0.39, 0.29) is 11.4 Å². The van der Waals surface area contributed by atoms with Crippen LogP contribution in [0.4, 0.5) is 5.69 Å². The SMILES string of the molecule is Oc1ccc2c(c1)OC1(CCCC1)CN2. The number of rotatable bonds is 0. The van der Waals surface area contributed by atoms with Crippen molar-refractivity contribution in [3.8, 4) is 11.5 Å². The van der Waals surface area contributed by atoms with E-state index in [0.717, 1.165) is 30.8 Å². The fourth-order valence-electron chi connectivity index (χ4n) is 2.57. The maximum atomic E-state index is 9.41. The Hall–Kier alpha value is -1.38. The van der Waals surface area contributed by atoms with Gasteiger partial charge in [-0.2, -0.15) is 0 Å². The number of phenols is 1. The summed E-state index contributed by atoms with van der Waals surface area (Å²) >= 11 is 0. The molecule has 2 N–H and O–H groups in total. The van der Waals surface area contributed by atoms with Crippen molar-refractivity contribution in [3.63, 3.8) is 0 Å². The molecule has 0 aromatic heterocycles. The van der Waals surface area contributed by atoms with Crippen LogP contribution in [0.15, 0.2) is 18.2 Å². The van der Waals surface area contributed by atoms with Gasteiger partial charge in [-0.25, -0.2) is 0 Å². The third-order valence-electron chi connectivity index (χ3n) is 3.41. The zero-order valence-corrected chi connectivity index (χ0v) is 8.62. The van der Waals surface area contributed by atoms with E-state index in [1.807, 2.05) is 6.07 Å². The fourth-order valence-corrected chi connectivity index (χ4v) is 2.57. The van der Waals surface area contributed by atoms with Crippen LogP contribution < -0.4 is 10.1 Å². The number of phenolic OH excluding ortho intramolecular Hbond substituents is 1. The summed E-state index contributed by atoms with van der Waals surface area (Å²) in [6.45, 7) is 0.894. The lowest BCUT2D eigenvalue weighted by Gasteiger charge is -2.36. The summed E-state index contributed by atoms with van der Waals surface area (Å²) in [4.78, 5) is 0. The smallest absolute Gasteiger partial charge is 0.147 e. The van der Waals surface area contributed by atoms with Crippen molar-refractivity contribution in [2.75, 3.05) is 11.9 Å². The lowest BCUT2D eigenvalue weighted by molar-refractivity contribution is 0.0827. The lowest BCUT2D eigenvalue weighted by Crippen LogP contribution is -2.43. The van der Waals surface area contributed by atoms with E-state index >= 15 is 0 Å². The van der Waals surface area contributed by atoms with Crippen molar-refractivity contribution >= 4 is 5.69 Å². The zero-order valence-electron chi connectivity index (χ0n) is 8.62. The topological polar surface area (TPSA) is 41.5 Å². The van der Waals surface area contributed by atoms with Crippen LogP contribution >= 0.6 is 0 Å². The molecule has 1 saturated carbocycles. The van der Waals surface area contributed by atoms with Crippen molar-refractivity contribution in [2.45, 2.75) is 31.3 Å². The second kappa shape index (κ2) is 3.05. The molecule has 1 aromatic rings. The number of hydrogen-bond donors (Lipinski definition) is 2. The fraction of sp³-hybridized carbons (Fsp3) is 0.500. The maximum Gasteiger partial charge on any atom is 0.147 e. The van der Waals surface area contributed by atoms with Gasteiger partial charge in [0.25, 0.3) is 0 Å². The highest BCUT2D eigenvalue weighted by Crippen LogP contribution is 2.42. The molecule has 3 nitrogen and oxygen atoms in total. The first-order valence-corrected chi connectivity index (χ1v) is 5.53. The number of anilines is 1. The van der Waals surface area contributed by atoms with Crippen LogP contribution in [0.2, 0.25) is 0 Å². The normalized spacial score (nSPS) is 21.9. The molecule has 1 heterocycles. The lowest BCUT2D eigenvalue weighted by atomic mass is 10.00. The number of benzene rings is 1. The molecule has 3 heteroatoms. The second-order valence-electron chi connectivity index (χ2n) is 4.53. The summed E-state index contributed by atoms with van der Waals surface area (Å²) in [7, 11) is 0. The van der Waals surface area contributed by atoms with E-state index in [9.17, 15) is 5.11 Å². The Morgan fingerprint density at radius 1 is 1.27 bits per heavy atom. The molecule has 1 spiro atoms. The molecule has 80 valence electrons. The van der Waals surface area contributed by atoms with E-state index < -0.39 is 0 Å². The average Bonchev–Trinajstić information content (AvgIpc) is 2.66. The molecule has 0 bridgehead atoms. The van der Waals surface area contributed by atoms with Gasteiger partial charge >= 0.3 is 0 Å². The van der Waals surface area contributed by atoms with E-state index in [2.05, 4.69) is 5.32 Å². The van der Waals surface area contributed by atoms with Crippen molar-refractivity contribution in [3.05, 3.63) is 18.2 Å². The third kappa shape index (κ3) is 1.42. The Labute approximate surface area is 89.1 Å². The van der Waals surface area contributed by atoms with Gasteiger partial charge in [-0.3, -0.25) is 0 Å². The number of ether oxygens (including phenoxy) is 1. The van der Waals surface area contributed by atoms with Crippen LogP contribution in [0.25, 0.3) is 0 Å². The summed E-state index contributed by atoms with van der Waals surface area (Å²) in [5.41, 5.74) is 0.978. The Morgan fingerprint density at radius 2 is 2.07 bits per heavy atom. The highest BCUT2D eigenvalue weighted by atomic mass is 16.5. The number of nitrogens with one attached hydrogen (secondary N) is 1. The van der Waals surface area contributed by atoms with Crippen LogP contribution in [0.5, 0.6) is 11.5 Å². The molecule has 0 amide bonds. The standard InChI is InChI=1S/C12H15NO2/c14-9-3-4-10-11(7-9)15-12(8-13-10)5-1-2-6-12/h3-4,7,13-14H,1-2,5-6,8H2. The van der Waals surface area contributed by atoms with Crippen molar-refractivity contribution < 1.29 is 9.84 Å². The van der Waals surface area contributed by atoms with Crippen LogP contribution in [-0.2, 0) is 0 Å². The number of aromatic hydroxyl groups is 1. The third-order valence-corrected chi connectivity index (χ3v) is 3.41. The van der Waals surface area contributed by atoms with Crippen molar-refractivity contribution in [1.82, 2.24) is 0 Å². The van der Waals surface area contributed by atoms with Gasteiger partial charge in [0, 0.05) is 6.07 Å². The summed E-state index contributed by atoms with van der Waals surface area (Å²) in [6, 6.07) is 5.25. The molecule has 1 aliphatic heterocycles. The first-order valence-electron chi connectivity index (χ1n) is 5.53. The average molecular weight is 205 g/mol. The van der Waals surface area contributed by atoms with E-state index in [1.54, 1.807) is 12.1 Å². The minimum absolute atomic E-state index is 0.0131. The summed E-state index contributed by atoms with van der Waals surface area (Å²) < 4.78 is 6.04. The van der Waals surface area contributed by atoms with Gasteiger partial charge in [-0.15, -0.1) is 0 Å². The van der Waals surface area contributed by atoms with E-state index in [0.29, 0.717) is 0 Å². The van der Waals surface area contributed by atoms with Crippen LogP contribution in [-0.4, -0.2) is 17.3 Å². The Bertz CT molecular complexity index is 383. The zero-order chi connectivity index (χ0) is 10.3. The Balaban J connectivity index is 1.94. The highest BCUT2D eigenvalue weighted by molar-refractivity contribution is 5.60. The van der Waals surface area contributed by atoms with Gasteiger partial charge in [0.05, 0.1) is 12.2 Å². The molecule has 1 aromatic carbocycles. The Kier molecular flexibility index (Phi) is 1.81. The summed E-state index contributed by atoms with van der Waals surface area (Å²) in [6.07, 6.45) is 4.73. The molecule has 0 atom stereocenters. The van der Waals surface area contributed by atoms with Crippen LogP contribution in [0.1, 0.15) is 25.7 Å². The van der Waals surface area contributed by atoms with Gasteiger partial charge in [-0.1, -0.05) is 0 Å². The molecule has 1 aliphatic carbocycles. The minimum atomic E-state index is -0.0131. The van der Waals surface area contributed by atoms with Crippen molar-refractivity contribution in [2.24, 2.45) is 0 Å². The monoisotopic (exact) mass is 205 g/mol. The molecule has 3 rings (SSSR count). The van der Waals surface area contributed by atoms with Gasteiger partial charge in [0.2, 0.25) is 0 Å². The van der Waals surface area contributed by atoms with Crippen LogP contribution in [0.3, 0.4) is 0 Å². The van der Waals surface area contributed by atoms with Gasteiger partial charge in [-0.05, 0) is 37.8 Å². The highest BCUT2D eigenvalue weighted by Gasteiger charge is 2.39. The molecule has 0 saturated heterocycles. The second-order valence-corrected chi connectivity index (χ2v) is 4.53. The molecule has 1 fully saturated rings. The Morgan fingerprint density at radius 3 is 2.87 bits per heavy atom. The predicted molar refractivity (Wildman–Crippen MR) is 58.4 cm³/mol. The molecule has 15 heavy (non-hydrogen) atoms. The van der Waals surface area contributed by atoms with Gasteiger partial charge in [0.15, 0.2) is 0 Å². The first-order chi connectivity index (χ1) is 7.27. The molecule has 0 radical (unpaired) electrons. The van der Waals surface area contributed by atoms with Crippen LogP contribution in [0, 0.1) is 0 Å². The maximum absolute atomic E-state index is 9.41. The number of fused-ring (bicyclic) bond motifs is 1. The molecular formula is C12H15NO2. The van der Waals surface area contributed by atoms with E-state index in [4.69, 9.17) is 4.74 Å². The largest absolute Gasteiger partial charge is 0.508 e. The summed E-state index contributed by atoms with van der Waals surface area (Å²) in [5.74, 6) is 1.06. The molecule has 2 aliphatic rings. The minimum Gasteiger partial charge on any atom is -0.508 e. The van der Waals surface area contributed by atoms with Gasteiger partial charge < -0.3 is 15.2 Å². The van der Waals surface area contributed by atoms with E-state index in [1.165, 1.54) is 12.8 Å². The first kappa shape index (κ1) is 8.89. The number of hydrogen-bond acceptors (Lipinski definition) is 3. The molecule has 0 unspecified atom stereocenters. The quantitative estimate of drug-likeness (QED) is 0.639.